The summed E-state index contributed by atoms with van der Waals surface area (Å²) < 4.78 is 54.4. The Morgan fingerprint density at radius 1 is 1.02 bits per heavy atom. The largest absolute Gasteiger partial charge is 0.453 e. The lowest BCUT2D eigenvalue weighted by molar-refractivity contribution is -0.137. The number of piperazine rings is 1. The first kappa shape index (κ1) is 34.3. The molecule has 17 heteroatoms. The predicted octanol–water partition coefficient (Wildman–Crippen LogP) is 3.91. The van der Waals surface area contributed by atoms with Crippen LogP contribution >= 0.6 is 0 Å². The highest BCUT2D eigenvalue weighted by molar-refractivity contribution is 5.99. The molecule has 262 valence electrons. The van der Waals surface area contributed by atoms with Crippen LogP contribution in [-0.4, -0.2) is 107 Å². The van der Waals surface area contributed by atoms with Crippen LogP contribution in [0, 0.1) is 0 Å². The van der Waals surface area contributed by atoms with Gasteiger partial charge >= 0.3 is 12.3 Å². The fraction of sp³-hybridized carbons (Fsp3) is 0.333. The van der Waals surface area contributed by atoms with Gasteiger partial charge in [-0.05, 0) is 48.0 Å². The third kappa shape index (κ3) is 7.68. The van der Waals surface area contributed by atoms with E-state index in [9.17, 15) is 27.6 Å². The Morgan fingerprint density at radius 2 is 1.74 bits per heavy atom. The number of fused-ring (bicyclic) bond motifs is 1. The molecular weight excluding hydrogens is 659 g/mol. The van der Waals surface area contributed by atoms with E-state index in [0.29, 0.717) is 81.6 Å². The number of nitrogens with zero attached hydrogens (tertiary/aromatic N) is 7. The van der Waals surface area contributed by atoms with E-state index >= 15 is 0 Å². The highest BCUT2D eigenvalue weighted by Gasteiger charge is 2.36. The summed E-state index contributed by atoms with van der Waals surface area (Å²) in [5.41, 5.74) is 1.15. The van der Waals surface area contributed by atoms with E-state index in [0.717, 1.165) is 24.9 Å². The summed E-state index contributed by atoms with van der Waals surface area (Å²) in [7, 11) is 1.09. The molecule has 50 heavy (non-hydrogen) atoms. The zero-order valence-corrected chi connectivity index (χ0v) is 27.1. The van der Waals surface area contributed by atoms with Gasteiger partial charge in [-0.1, -0.05) is 6.58 Å². The Kier molecular flexibility index (Phi) is 9.96. The molecule has 0 saturated carbocycles. The van der Waals surface area contributed by atoms with Gasteiger partial charge in [-0.2, -0.15) is 13.2 Å². The minimum Gasteiger partial charge on any atom is -0.453 e. The Hall–Kier alpha value is -5.55. The molecule has 0 unspecified atom stereocenters. The van der Waals surface area contributed by atoms with Gasteiger partial charge in [-0.3, -0.25) is 19.8 Å². The first-order valence-electron chi connectivity index (χ1n) is 15.7. The summed E-state index contributed by atoms with van der Waals surface area (Å²) in [6.45, 7) is 7.99. The maximum atomic E-state index is 14.3. The van der Waals surface area contributed by atoms with Crippen molar-refractivity contribution in [2.24, 2.45) is 0 Å². The number of carbonyl (C=O) groups excluding carboxylic acids is 3. The third-order valence-electron chi connectivity index (χ3n) is 8.33. The second-order valence-electron chi connectivity index (χ2n) is 11.6. The zero-order chi connectivity index (χ0) is 35.4. The van der Waals surface area contributed by atoms with E-state index in [1.807, 2.05) is 11.0 Å². The molecule has 2 fully saturated rings. The van der Waals surface area contributed by atoms with Gasteiger partial charge in [0, 0.05) is 69.5 Å². The van der Waals surface area contributed by atoms with Crippen molar-refractivity contribution in [3.63, 3.8) is 0 Å². The van der Waals surface area contributed by atoms with Crippen LogP contribution in [0.3, 0.4) is 0 Å². The number of ether oxygens (including phenoxy) is 2. The van der Waals surface area contributed by atoms with Crippen molar-refractivity contribution in [1.29, 1.82) is 0 Å². The number of carbonyl (C=O) groups is 3. The molecule has 14 nitrogen and oxygen atoms in total. The van der Waals surface area contributed by atoms with Gasteiger partial charge in [-0.15, -0.1) is 5.10 Å². The number of rotatable bonds is 8. The third-order valence-corrected chi connectivity index (χ3v) is 8.33. The minimum atomic E-state index is -4.81. The number of hydrogen-bond donors (Lipinski definition) is 2. The lowest BCUT2D eigenvalue weighted by Crippen LogP contribution is -2.48. The summed E-state index contributed by atoms with van der Waals surface area (Å²) in [6, 6.07) is 9.31. The Balaban J connectivity index is 1.22. The predicted molar refractivity (Wildman–Crippen MR) is 177 cm³/mol. The number of aromatic nitrogens is 4. The van der Waals surface area contributed by atoms with Crippen LogP contribution in [0.15, 0.2) is 61.4 Å². The van der Waals surface area contributed by atoms with Crippen LogP contribution in [0.1, 0.15) is 21.5 Å². The molecule has 0 aliphatic carbocycles. The molecule has 0 atom stereocenters. The van der Waals surface area contributed by atoms with Crippen molar-refractivity contribution >= 4 is 40.7 Å². The number of amides is 3. The number of anilines is 3. The van der Waals surface area contributed by atoms with E-state index in [1.165, 1.54) is 10.6 Å². The minimum absolute atomic E-state index is 0.111. The van der Waals surface area contributed by atoms with Crippen LogP contribution in [0.5, 0.6) is 0 Å². The number of alkyl halides is 3. The molecule has 1 aromatic carbocycles. The van der Waals surface area contributed by atoms with Crippen molar-refractivity contribution in [3.8, 4) is 11.4 Å². The van der Waals surface area contributed by atoms with Crippen LogP contribution in [0.25, 0.3) is 16.9 Å². The number of halogens is 3. The SMILES string of the molecule is C=CC(=O)Nc1ccc(C(=O)N2CCN(Cc3cc4c(N5CCOCC5)nc(-c5cnc(NC(=O)OC)cc5C(F)(F)F)nn4c3)CC2)cc1. The maximum absolute atomic E-state index is 14.3. The lowest BCUT2D eigenvalue weighted by atomic mass is 10.1. The molecule has 2 aliphatic heterocycles. The molecule has 3 amide bonds. The fourth-order valence-electron chi connectivity index (χ4n) is 5.78. The van der Waals surface area contributed by atoms with Crippen molar-refractivity contribution < 1.29 is 37.0 Å². The quantitative estimate of drug-likeness (QED) is 0.261. The van der Waals surface area contributed by atoms with E-state index in [4.69, 9.17) is 4.74 Å². The van der Waals surface area contributed by atoms with Crippen molar-refractivity contribution in [3.05, 3.63) is 78.1 Å². The average molecular weight is 694 g/mol. The van der Waals surface area contributed by atoms with Gasteiger partial charge < -0.3 is 24.6 Å². The highest BCUT2D eigenvalue weighted by atomic mass is 19.4. The molecule has 2 aliphatic rings. The standard InChI is InChI=1S/C33H34F3N9O5/c1-3-28(46)38-23-6-4-22(5-7-23)31(47)44-10-8-42(9-11-44)19-21-16-26-30(43-12-14-50-15-13-43)40-29(41-45(26)20-21)24-18-37-27(39-32(48)49-2)17-25(24)33(34,35)36/h3-7,16-18,20H,1,8-15,19H2,2H3,(H,38,46)(H,37,39,48). The van der Waals surface area contributed by atoms with Crippen molar-refractivity contribution in [2.45, 2.75) is 12.7 Å². The van der Waals surface area contributed by atoms with E-state index < -0.39 is 17.8 Å². The normalized spacial score (nSPS) is 15.5. The fourth-order valence-corrected chi connectivity index (χ4v) is 5.78. The van der Waals surface area contributed by atoms with Crippen molar-refractivity contribution in [1.82, 2.24) is 29.4 Å². The van der Waals surface area contributed by atoms with Gasteiger partial charge in [0.05, 0.1) is 31.5 Å². The van der Waals surface area contributed by atoms with Crippen molar-refractivity contribution in [2.75, 3.05) is 75.1 Å². The summed E-state index contributed by atoms with van der Waals surface area (Å²) in [5, 5.41) is 9.31. The highest BCUT2D eigenvalue weighted by Crippen LogP contribution is 2.38. The average Bonchev–Trinajstić information content (AvgIpc) is 3.53. The Morgan fingerprint density at radius 3 is 2.40 bits per heavy atom. The van der Waals surface area contributed by atoms with Gasteiger partial charge in [0.15, 0.2) is 11.6 Å². The molecule has 2 N–H and O–H groups in total. The molecule has 3 aromatic heterocycles. The molecular formula is C33H34F3N9O5. The summed E-state index contributed by atoms with van der Waals surface area (Å²) in [6.07, 6.45) is -1.84. The van der Waals surface area contributed by atoms with Crippen LogP contribution in [0.2, 0.25) is 0 Å². The van der Waals surface area contributed by atoms with Crippen LogP contribution in [0.4, 0.5) is 35.3 Å². The molecule has 0 spiro atoms. The second-order valence-corrected chi connectivity index (χ2v) is 11.6. The molecule has 0 bridgehead atoms. The first-order chi connectivity index (χ1) is 24.0. The number of benzene rings is 1. The van der Waals surface area contributed by atoms with E-state index in [2.05, 4.69) is 41.9 Å². The maximum Gasteiger partial charge on any atom is 0.417 e. The summed E-state index contributed by atoms with van der Waals surface area (Å²) in [4.78, 5) is 50.8. The number of nitrogens with one attached hydrogen (secondary N) is 2. The monoisotopic (exact) mass is 693 g/mol. The molecule has 6 rings (SSSR count). The topological polar surface area (TPSA) is 147 Å². The van der Waals surface area contributed by atoms with Gasteiger partial charge in [0.2, 0.25) is 5.91 Å². The molecule has 5 heterocycles. The zero-order valence-electron chi connectivity index (χ0n) is 27.1. The molecule has 0 radical (unpaired) electrons. The Labute approximate surface area is 284 Å². The molecule has 4 aromatic rings. The summed E-state index contributed by atoms with van der Waals surface area (Å²) >= 11 is 0. The van der Waals surface area contributed by atoms with Crippen LogP contribution < -0.4 is 15.5 Å². The second kappa shape index (κ2) is 14.5. The lowest BCUT2D eigenvalue weighted by Gasteiger charge is -2.34. The molecule has 2 saturated heterocycles. The van der Waals surface area contributed by atoms with Gasteiger partial charge in [0.1, 0.15) is 11.3 Å². The first-order valence-corrected chi connectivity index (χ1v) is 15.7. The number of methoxy groups -OCH3 is 1. The number of hydrogen-bond acceptors (Lipinski definition) is 10. The number of pyridine rings is 1. The van der Waals surface area contributed by atoms with E-state index in [-0.39, 0.29) is 29.0 Å². The number of morpholine rings is 1. The van der Waals surface area contributed by atoms with Crippen LogP contribution in [-0.2, 0) is 27.0 Å². The summed E-state index contributed by atoms with van der Waals surface area (Å²) in [5.74, 6) is -0.510. The van der Waals surface area contributed by atoms with Gasteiger partial charge in [-0.25, -0.2) is 19.3 Å². The Bertz CT molecular complexity index is 1900. The van der Waals surface area contributed by atoms with Gasteiger partial charge in [0.25, 0.3) is 5.91 Å². The van der Waals surface area contributed by atoms with E-state index in [1.54, 1.807) is 35.4 Å². The smallest absolute Gasteiger partial charge is 0.417 e.